The van der Waals surface area contributed by atoms with E-state index in [1.54, 1.807) is 12.1 Å². The van der Waals surface area contributed by atoms with E-state index in [4.69, 9.17) is 11.5 Å². The second-order valence-corrected chi connectivity index (χ2v) is 3.23. The quantitative estimate of drug-likeness (QED) is 0.371. The minimum Gasteiger partial charge on any atom is -0.506 e. The van der Waals surface area contributed by atoms with E-state index < -0.39 is 12.0 Å². The Labute approximate surface area is 87.6 Å². The lowest BCUT2D eigenvalue weighted by molar-refractivity contribution is -0.142. The Morgan fingerprint density at radius 1 is 1.60 bits per heavy atom. The number of carbonyl (C=O) groups excluding carboxylic acids is 1. The molecule has 0 unspecified atom stereocenters. The van der Waals surface area contributed by atoms with Crippen molar-refractivity contribution in [3.05, 3.63) is 23.8 Å². The number of aromatic hydroxyl groups is 1. The van der Waals surface area contributed by atoms with Crippen LogP contribution in [-0.4, -0.2) is 24.2 Å². The van der Waals surface area contributed by atoms with Gasteiger partial charge in [-0.2, -0.15) is 0 Å². The molecule has 1 rings (SSSR count). The van der Waals surface area contributed by atoms with Gasteiger partial charge in [0.1, 0.15) is 11.8 Å². The van der Waals surface area contributed by atoms with Crippen LogP contribution in [-0.2, 0) is 16.0 Å². The summed E-state index contributed by atoms with van der Waals surface area (Å²) in [4.78, 5) is 11.0. The van der Waals surface area contributed by atoms with E-state index >= 15 is 0 Å². The van der Waals surface area contributed by atoms with Gasteiger partial charge in [0, 0.05) is 0 Å². The normalized spacial score (nSPS) is 12.1. The molecule has 0 aliphatic rings. The lowest BCUT2D eigenvalue weighted by Gasteiger charge is -2.09. The van der Waals surface area contributed by atoms with Crippen LogP contribution in [0.3, 0.4) is 0 Å². The Bertz CT molecular complexity index is 366. The fourth-order valence-electron chi connectivity index (χ4n) is 1.22. The number of anilines is 1. The summed E-state index contributed by atoms with van der Waals surface area (Å²) in [5.41, 5.74) is 12.1. The van der Waals surface area contributed by atoms with Gasteiger partial charge in [-0.1, -0.05) is 6.07 Å². The zero-order chi connectivity index (χ0) is 11.4. The highest BCUT2D eigenvalue weighted by atomic mass is 16.5. The first-order valence-corrected chi connectivity index (χ1v) is 4.45. The topological polar surface area (TPSA) is 98.6 Å². The summed E-state index contributed by atoms with van der Waals surface area (Å²) in [6.45, 7) is 0. The summed E-state index contributed by atoms with van der Waals surface area (Å²) in [6, 6.07) is 4.00. The summed E-state index contributed by atoms with van der Waals surface area (Å²) in [6.07, 6.45) is 0.331. The molecule has 82 valence electrons. The molecule has 0 saturated heterocycles. The molecule has 0 aliphatic heterocycles. The first-order chi connectivity index (χ1) is 7.04. The van der Waals surface area contributed by atoms with E-state index in [0.717, 1.165) is 5.56 Å². The van der Waals surface area contributed by atoms with Crippen LogP contribution >= 0.6 is 0 Å². The van der Waals surface area contributed by atoms with E-state index in [-0.39, 0.29) is 11.4 Å². The van der Waals surface area contributed by atoms with Gasteiger partial charge in [0.25, 0.3) is 0 Å². The molecule has 1 aromatic carbocycles. The molecule has 0 bridgehead atoms. The fourth-order valence-corrected chi connectivity index (χ4v) is 1.22. The summed E-state index contributed by atoms with van der Waals surface area (Å²) in [7, 11) is 1.29. The number of ether oxygens (including phenoxy) is 1. The first kappa shape index (κ1) is 11.3. The Kier molecular flexibility index (Phi) is 3.51. The number of carbonyl (C=O) groups is 1. The highest BCUT2D eigenvalue weighted by Crippen LogP contribution is 2.20. The Morgan fingerprint density at radius 2 is 2.27 bits per heavy atom. The predicted octanol–water partition coefficient (Wildman–Crippen LogP) is 0.0172. The first-order valence-electron chi connectivity index (χ1n) is 4.45. The van der Waals surface area contributed by atoms with E-state index in [2.05, 4.69) is 4.74 Å². The van der Waals surface area contributed by atoms with Crippen molar-refractivity contribution in [3.63, 3.8) is 0 Å². The lowest BCUT2D eigenvalue weighted by Crippen LogP contribution is -2.33. The molecule has 1 aromatic rings. The highest BCUT2D eigenvalue weighted by Gasteiger charge is 2.14. The number of benzene rings is 1. The van der Waals surface area contributed by atoms with Gasteiger partial charge >= 0.3 is 5.97 Å². The fraction of sp³-hybridized carbons (Fsp3) is 0.300. The number of rotatable bonds is 3. The summed E-state index contributed by atoms with van der Waals surface area (Å²) >= 11 is 0. The SMILES string of the molecule is COC(=O)[C@@H](N)Cc1ccc(O)c(N)c1. The van der Waals surface area contributed by atoms with Gasteiger partial charge in [-0.15, -0.1) is 0 Å². The third kappa shape index (κ3) is 2.85. The van der Waals surface area contributed by atoms with Crippen LogP contribution in [0.1, 0.15) is 5.56 Å². The average molecular weight is 210 g/mol. The molecule has 5 N–H and O–H groups in total. The lowest BCUT2D eigenvalue weighted by atomic mass is 10.1. The Hall–Kier alpha value is -1.75. The van der Waals surface area contributed by atoms with Crippen molar-refractivity contribution in [2.45, 2.75) is 12.5 Å². The second-order valence-electron chi connectivity index (χ2n) is 3.23. The second kappa shape index (κ2) is 4.65. The molecule has 5 heteroatoms. The molecular weight excluding hydrogens is 196 g/mol. The maximum atomic E-state index is 11.0. The molecule has 5 nitrogen and oxygen atoms in total. The number of nitrogen functional groups attached to an aromatic ring is 1. The predicted molar refractivity (Wildman–Crippen MR) is 56.2 cm³/mol. The van der Waals surface area contributed by atoms with Gasteiger partial charge in [0.2, 0.25) is 0 Å². The van der Waals surface area contributed by atoms with Crippen LogP contribution in [0.25, 0.3) is 0 Å². The Morgan fingerprint density at radius 3 is 2.80 bits per heavy atom. The van der Waals surface area contributed by atoms with Crippen molar-refractivity contribution in [1.29, 1.82) is 0 Å². The number of hydrogen-bond acceptors (Lipinski definition) is 5. The number of phenols is 1. The van der Waals surface area contributed by atoms with Crippen molar-refractivity contribution >= 4 is 11.7 Å². The molecule has 15 heavy (non-hydrogen) atoms. The maximum Gasteiger partial charge on any atom is 0.322 e. The molecule has 0 amide bonds. The summed E-state index contributed by atoms with van der Waals surface area (Å²) in [5.74, 6) is -0.452. The van der Waals surface area contributed by atoms with E-state index in [1.807, 2.05) is 0 Å². The maximum absolute atomic E-state index is 11.0. The number of esters is 1. The van der Waals surface area contributed by atoms with E-state index in [1.165, 1.54) is 13.2 Å². The number of methoxy groups -OCH3 is 1. The summed E-state index contributed by atoms with van der Waals surface area (Å²) < 4.78 is 4.49. The molecule has 0 spiro atoms. The number of phenolic OH excluding ortho intramolecular Hbond substituents is 1. The zero-order valence-electron chi connectivity index (χ0n) is 8.43. The van der Waals surface area contributed by atoms with Crippen LogP contribution < -0.4 is 11.5 Å². The molecule has 0 aliphatic carbocycles. The highest BCUT2D eigenvalue weighted by molar-refractivity contribution is 5.75. The molecule has 0 saturated carbocycles. The van der Waals surface area contributed by atoms with Gasteiger partial charge in [0.15, 0.2) is 0 Å². The van der Waals surface area contributed by atoms with Gasteiger partial charge in [0.05, 0.1) is 12.8 Å². The van der Waals surface area contributed by atoms with E-state index in [0.29, 0.717) is 6.42 Å². The molecule has 1 atom stereocenters. The largest absolute Gasteiger partial charge is 0.506 e. The molecule has 0 radical (unpaired) electrons. The van der Waals surface area contributed by atoms with Gasteiger partial charge in [-0.25, -0.2) is 0 Å². The average Bonchev–Trinajstić information content (AvgIpc) is 2.22. The number of nitrogens with two attached hydrogens (primary N) is 2. The van der Waals surface area contributed by atoms with Crippen molar-refractivity contribution in [2.24, 2.45) is 5.73 Å². The molecular formula is C10H14N2O3. The van der Waals surface area contributed by atoms with Crippen LogP contribution in [0.15, 0.2) is 18.2 Å². The third-order valence-electron chi connectivity index (χ3n) is 2.05. The standard InChI is InChI=1S/C10H14N2O3/c1-15-10(14)8(12)5-6-2-3-9(13)7(11)4-6/h2-4,8,13H,5,11-12H2,1H3/t8-/m0/s1. The van der Waals surface area contributed by atoms with Crippen molar-refractivity contribution in [2.75, 3.05) is 12.8 Å². The van der Waals surface area contributed by atoms with Crippen LogP contribution in [0.2, 0.25) is 0 Å². The van der Waals surface area contributed by atoms with E-state index in [9.17, 15) is 9.90 Å². The third-order valence-corrected chi connectivity index (χ3v) is 2.05. The zero-order valence-corrected chi connectivity index (χ0v) is 8.43. The number of hydrogen-bond donors (Lipinski definition) is 3. The van der Waals surface area contributed by atoms with Crippen LogP contribution in [0.4, 0.5) is 5.69 Å². The van der Waals surface area contributed by atoms with Crippen LogP contribution in [0, 0.1) is 0 Å². The summed E-state index contributed by atoms with van der Waals surface area (Å²) in [5, 5.41) is 9.19. The molecule has 0 fully saturated rings. The van der Waals surface area contributed by atoms with Gasteiger partial charge in [-0.05, 0) is 24.1 Å². The molecule has 0 heterocycles. The molecule has 0 aromatic heterocycles. The minimum absolute atomic E-state index is 0.0189. The monoisotopic (exact) mass is 210 g/mol. The Balaban J connectivity index is 2.73. The van der Waals surface area contributed by atoms with Crippen LogP contribution in [0.5, 0.6) is 5.75 Å². The van der Waals surface area contributed by atoms with Crippen molar-refractivity contribution in [3.8, 4) is 5.75 Å². The van der Waals surface area contributed by atoms with Gasteiger partial charge in [-0.3, -0.25) is 4.79 Å². The van der Waals surface area contributed by atoms with Gasteiger partial charge < -0.3 is 21.3 Å². The van der Waals surface area contributed by atoms with Crippen molar-refractivity contribution in [1.82, 2.24) is 0 Å². The minimum atomic E-state index is -0.709. The smallest absolute Gasteiger partial charge is 0.322 e. The van der Waals surface area contributed by atoms with Crippen molar-refractivity contribution < 1.29 is 14.6 Å².